The first kappa shape index (κ1) is 11.4. The summed E-state index contributed by atoms with van der Waals surface area (Å²) >= 11 is 0. The largest absolute Gasteiger partial charge is 0.550 e. The zero-order chi connectivity index (χ0) is 11.5. The number of carbonyl (C=O) groups excluding carboxylic acids is 2. The van der Waals surface area contributed by atoms with Gasteiger partial charge in [-0.2, -0.15) is 0 Å². The molecule has 0 spiro atoms. The van der Waals surface area contributed by atoms with Crippen LogP contribution in [0.1, 0.15) is 29.8 Å². The van der Waals surface area contributed by atoms with E-state index in [1.54, 1.807) is 38.1 Å². The number of carbonyl (C=O) groups is 2. The van der Waals surface area contributed by atoms with Crippen LogP contribution in [0.25, 0.3) is 0 Å². The van der Waals surface area contributed by atoms with E-state index in [4.69, 9.17) is 0 Å². The van der Waals surface area contributed by atoms with Crippen molar-refractivity contribution in [3.8, 4) is 0 Å². The Morgan fingerprint density at radius 3 is 2.27 bits per heavy atom. The van der Waals surface area contributed by atoms with Gasteiger partial charge in [0.2, 0.25) is 0 Å². The lowest BCUT2D eigenvalue weighted by Gasteiger charge is -2.25. The van der Waals surface area contributed by atoms with Crippen molar-refractivity contribution in [3.05, 3.63) is 35.4 Å². The highest BCUT2D eigenvalue weighted by molar-refractivity contribution is 5.75. The highest BCUT2D eigenvalue weighted by atomic mass is 16.4. The smallest absolute Gasteiger partial charge is 0.150 e. The SMILES string of the molecule is CC(C)(Cc1ccc(C=O)cc1)C(=O)[O-]. The molecule has 0 aliphatic carbocycles. The van der Waals surface area contributed by atoms with Crippen LogP contribution in [0.2, 0.25) is 0 Å². The van der Waals surface area contributed by atoms with Crippen LogP contribution in [0.5, 0.6) is 0 Å². The normalized spacial score (nSPS) is 11.1. The molecule has 1 aromatic carbocycles. The molecular formula is C12H13O3-. The molecule has 0 radical (unpaired) electrons. The second-order valence-electron chi connectivity index (χ2n) is 4.21. The minimum absolute atomic E-state index is 0.397. The molecule has 0 amide bonds. The highest BCUT2D eigenvalue weighted by Crippen LogP contribution is 2.20. The number of aldehydes is 1. The van der Waals surface area contributed by atoms with E-state index in [0.29, 0.717) is 12.0 Å². The van der Waals surface area contributed by atoms with Gasteiger partial charge in [0.25, 0.3) is 0 Å². The number of carboxylic acids is 1. The zero-order valence-electron chi connectivity index (χ0n) is 8.82. The Labute approximate surface area is 88.7 Å². The molecule has 0 heterocycles. The van der Waals surface area contributed by atoms with Crippen LogP contribution < -0.4 is 5.11 Å². The van der Waals surface area contributed by atoms with Crippen molar-refractivity contribution < 1.29 is 14.7 Å². The topological polar surface area (TPSA) is 57.2 Å². The summed E-state index contributed by atoms with van der Waals surface area (Å²) in [6, 6.07) is 6.87. The fourth-order valence-electron chi connectivity index (χ4n) is 1.30. The molecule has 3 nitrogen and oxygen atoms in total. The second kappa shape index (κ2) is 4.26. The number of aliphatic carboxylic acids is 1. The average molecular weight is 205 g/mol. The van der Waals surface area contributed by atoms with E-state index in [9.17, 15) is 14.7 Å². The molecule has 0 aliphatic rings. The third-order valence-corrected chi connectivity index (χ3v) is 2.31. The summed E-state index contributed by atoms with van der Waals surface area (Å²) in [6.07, 6.45) is 1.15. The van der Waals surface area contributed by atoms with Gasteiger partial charge in [-0.3, -0.25) is 4.79 Å². The minimum Gasteiger partial charge on any atom is -0.550 e. The maximum atomic E-state index is 10.8. The van der Waals surface area contributed by atoms with Crippen LogP contribution in [0.3, 0.4) is 0 Å². The lowest BCUT2D eigenvalue weighted by Crippen LogP contribution is -2.39. The molecule has 15 heavy (non-hydrogen) atoms. The molecule has 0 atom stereocenters. The molecule has 0 bridgehead atoms. The summed E-state index contributed by atoms with van der Waals surface area (Å²) in [6.45, 7) is 3.24. The minimum atomic E-state index is -1.07. The summed E-state index contributed by atoms with van der Waals surface area (Å²) in [4.78, 5) is 21.2. The van der Waals surface area contributed by atoms with Gasteiger partial charge in [-0.15, -0.1) is 0 Å². The van der Waals surface area contributed by atoms with Crippen molar-refractivity contribution in [3.63, 3.8) is 0 Å². The van der Waals surface area contributed by atoms with E-state index >= 15 is 0 Å². The Bertz CT molecular complexity index is 363. The van der Waals surface area contributed by atoms with Crippen LogP contribution in [0.15, 0.2) is 24.3 Å². The molecule has 0 aliphatic heterocycles. The first-order valence-electron chi connectivity index (χ1n) is 4.71. The van der Waals surface area contributed by atoms with Gasteiger partial charge in [-0.05, 0) is 12.0 Å². The first-order chi connectivity index (χ1) is 6.95. The Balaban J connectivity index is 2.81. The molecule has 1 rings (SSSR count). The lowest BCUT2D eigenvalue weighted by atomic mass is 9.86. The molecular weight excluding hydrogens is 192 g/mol. The van der Waals surface area contributed by atoms with Crippen molar-refractivity contribution in [1.29, 1.82) is 0 Å². The van der Waals surface area contributed by atoms with E-state index in [1.807, 2.05) is 0 Å². The average Bonchev–Trinajstić information content (AvgIpc) is 2.18. The van der Waals surface area contributed by atoms with Crippen LogP contribution in [0, 0.1) is 5.41 Å². The Kier molecular flexibility index (Phi) is 3.24. The molecule has 0 unspecified atom stereocenters. The third-order valence-electron chi connectivity index (χ3n) is 2.31. The van der Waals surface area contributed by atoms with Crippen molar-refractivity contribution >= 4 is 12.3 Å². The lowest BCUT2D eigenvalue weighted by molar-refractivity contribution is -0.317. The number of carboxylic acid groups (broad SMARTS) is 1. The van der Waals surface area contributed by atoms with E-state index in [0.717, 1.165) is 11.8 Å². The van der Waals surface area contributed by atoms with Gasteiger partial charge in [0.05, 0.1) is 0 Å². The summed E-state index contributed by atoms with van der Waals surface area (Å²) in [5.74, 6) is -1.07. The monoisotopic (exact) mass is 205 g/mol. The van der Waals surface area contributed by atoms with Gasteiger partial charge in [0.1, 0.15) is 6.29 Å². The standard InChI is InChI=1S/C12H14O3/c1-12(2,11(14)15)7-9-3-5-10(8-13)6-4-9/h3-6,8H,7H2,1-2H3,(H,14,15)/p-1. The van der Waals surface area contributed by atoms with Crippen molar-refractivity contribution in [1.82, 2.24) is 0 Å². The summed E-state index contributed by atoms with van der Waals surface area (Å²) in [5, 5.41) is 10.8. The summed E-state index contributed by atoms with van der Waals surface area (Å²) in [7, 11) is 0. The van der Waals surface area contributed by atoms with E-state index in [2.05, 4.69) is 0 Å². The maximum Gasteiger partial charge on any atom is 0.150 e. The van der Waals surface area contributed by atoms with Gasteiger partial charge >= 0.3 is 0 Å². The van der Waals surface area contributed by atoms with Gasteiger partial charge in [-0.1, -0.05) is 38.1 Å². The number of benzene rings is 1. The van der Waals surface area contributed by atoms with Crippen molar-refractivity contribution in [2.45, 2.75) is 20.3 Å². The predicted octanol–water partition coefficient (Wildman–Crippen LogP) is 0.818. The van der Waals surface area contributed by atoms with E-state index in [-0.39, 0.29) is 0 Å². The fourth-order valence-corrected chi connectivity index (χ4v) is 1.30. The van der Waals surface area contributed by atoms with E-state index in [1.165, 1.54) is 0 Å². The molecule has 1 aromatic rings. The Hall–Kier alpha value is -1.64. The molecule has 0 saturated carbocycles. The van der Waals surface area contributed by atoms with Gasteiger partial charge in [-0.25, -0.2) is 0 Å². The quantitative estimate of drug-likeness (QED) is 0.684. The zero-order valence-corrected chi connectivity index (χ0v) is 8.82. The highest BCUT2D eigenvalue weighted by Gasteiger charge is 2.19. The van der Waals surface area contributed by atoms with Gasteiger partial charge in [0.15, 0.2) is 0 Å². The first-order valence-corrected chi connectivity index (χ1v) is 4.71. The number of hydrogen-bond acceptors (Lipinski definition) is 3. The maximum absolute atomic E-state index is 10.8. The second-order valence-corrected chi connectivity index (χ2v) is 4.21. The molecule has 0 fully saturated rings. The molecule has 80 valence electrons. The number of rotatable bonds is 4. The summed E-state index contributed by atoms with van der Waals surface area (Å²) < 4.78 is 0. The predicted molar refractivity (Wildman–Crippen MR) is 54.3 cm³/mol. The van der Waals surface area contributed by atoms with E-state index < -0.39 is 11.4 Å². The van der Waals surface area contributed by atoms with Gasteiger partial charge < -0.3 is 9.90 Å². The third kappa shape index (κ3) is 2.91. The van der Waals surface area contributed by atoms with Gasteiger partial charge in [0, 0.05) is 16.9 Å². The summed E-state index contributed by atoms with van der Waals surface area (Å²) in [5.41, 5.74) is 0.586. The van der Waals surface area contributed by atoms with Crippen molar-refractivity contribution in [2.75, 3.05) is 0 Å². The Morgan fingerprint density at radius 2 is 1.87 bits per heavy atom. The Morgan fingerprint density at radius 1 is 1.33 bits per heavy atom. The molecule has 3 heteroatoms. The fraction of sp³-hybridized carbons (Fsp3) is 0.333. The van der Waals surface area contributed by atoms with Crippen LogP contribution in [0.4, 0.5) is 0 Å². The van der Waals surface area contributed by atoms with Crippen LogP contribution in [-0.4, -0.2) is 12.3 Å². The molecule has 0 aromatic heterocycles. The van der Waals surface area contributed by atoms with Crippen molar-refractivity contribution in [2.24, 2.45) is 5.41 Å². The molecule has 0 N–H and O–H groups in total. The molecule has 0 saturated heterocycles. The van der Waals surface area contributed by atoms with Crippen LogP contribution >= 0.6 is 0 Å². The van der Waals surface area contributed by atoms with Crippen LogP contribution in [-0.2, 0) is 11.2 Å². The number of hydrogen-bond donors (Lipinski definition) is 0.